The molecule has 0 bridgehead atoms. The maximum absolute atomic E-state index is 12.5. The molecule has 0 spiro atoms. The summed E-state index contributed by atoms with van der Waals surface area (Å²) >= 11 is 0. The molecule has 0 aliphatic rings. The summed E-state index contributed by atoms with van der Waals surface area (Å²) in [6, 6.07) is -0.636. The van der Waals surface area contributed by atoms with Crippen molar-refractivity contribution in [3.05, 3.63) is 60.8 Å². The molecule has 3 N–H and O–H groups in total. The fourth-order valence-electron chi connectivity index (χ4n) is 11.5. The van der Waals surface area contributed by atoms with Crippen molar-refractivity contribution < 1.29 is 24.5 Å². The third kappa shape index (κ3) is 68.7. The van der Waals surface area contributed by atoms with E-state index in [0.29, 0.717) is 19.4 Å². The van der Waals surface area contributed by atoms with E-state index in [1.807, 2.05) is 6.08 Å². The van der Waals surface area contributed by atoms with Gasteiger partial charge < -0.3 is 20.3 Å². The van der Waals surface area contributed by atoms with E-state index in [1.54, 1.807) is 6.08 Å². The lowest BCUT2D eigenvalue weighted by Gasteiger charge is -2.20. The Balaban J connectivity index is 3.46. The van der Waals surface area contributed by atoms with E-state index >= 15 is 0 Å². The van der Waals surface area contributed by atoms with Gasteiger partial charge in [0.1, 0.15) is 0 Å². The highest BCUT2D eigenvalue weighted by molar-refractivity contribution is 5.76. The minimum absolute atomic E-state index is 0.00141. The Kier molecular flexibility index (Phi) is 70.9. The second-order valence-corrected chi connectivity index (χ2v) is 25.6. The molecule has 0 aromatic carbocycles. The molecule has 0 heterocycles. The number of carbonyl (C=O) groups is 2. The molecule has 0 radical (unpaired) electrons. The zero-order valence-corrected chi connectivity index (χ0v) is 56.4. The maximum atomic E-state index is 12.5. The second-order valence-electron chi connectivity index (χ2n) is 25.6. The van der Waals surface area contributed by atoms with E-state index < -0.39 is 12.1 Å². The Hall–Kier alpha value is -2.44. The number of nitrogens with one attached hydrogen (secondary N) is 1. The third-order valence-corrected chi connectivity index (χ3v) is 17.3. The molecule has 0 saturated carbocycles. The highest BCUT2D eigenvalue weighted by Gasteiger charge is 2.18. The van der Waals surface area contributed by atoms with Crippen LogP contribution in [-0.4, -0.2) is 47.4 Å². The second kappa shape index (κ2) is 73.0. The number of hydrogen-bond acceptors (Lipinski definition) is 5. The molecule has 6 nitrogen and oxygen atoms in total. The molecular weight excluding hydrogens is 1030 g/mol. The van der Waals surface area contributed by atoms with Crippen LogP contribution in [0.2, 0.25) is 0 Å². The van der Waals surface area contributed by atoms with E-state index in [-0.39, 0.29) is 18.5 Å². The monoisotopic (exact) mass is 1180 g/mol. The fraction of sp³-hybridized carbons (Fsp3) is 0.846. The lowest BCUT2D eigenvalue weighted by Crippen LogP contribution is -2.45. The largest absolute Gasteiger partial charge is 0.466 e. The van der Waals surface area contributed by atoms with Crippen LogP contribution < -0.4 is 5.32 Å². The predicted octanol–water partition coefficient (Wildman–Crippen LogP) is 24.6. The molecular formula is C78H145NO5. The first-order chi connectivity index (χ1) is 41.5. The number of ether oxygens (including phenoxy) is 1. The number of esters is 1. The standard InChI is InChI=1S/C78H145NO5/c1-3-5-7-9-11-13-15-17-19-21-23-24-25-29-32-35-38-42-46-50-54-58-62-66-70-76(81)75(74-80)79-77(82)71-67-63-59-55-51-47-43-39-36-33-30-27-26-28-31-34-37-41-45-49-53-57-61-65-69-73-84-78(83)72-68-64-60-56-52-48-44-40-22-20-18-16-14-12-10-8-6-4-2/h14,16,20,22,27-28,30-31,66,70,75-76,80-81H,3-13,15,17-19,21,23-26,29,32-65,67-69,71-74H2,1-2H3,(H,79,82)/b16-14-,22-20-,30-27-,31-28-,70-66+. The number of rotatable bonds is 70. The molecule has 6 heteroatoms. The number of carbonyl (C=O) groups excluding carboxylic acids is 2. The first kappa shape index (κ1) is 81.6. The summed E-state index contributed by atoms with van der Waals surface area (Å²) in [5.74, 6) is -0.0694. The summed E-state index contributed by atoms with van der Waals surface area (Å²) < 4.78 is 5.50. The summed E-state index contributed by atoms with van der Waals surface area (Å²) in [4.78, 5) is 24.6. The van der Waals surface area contributed by atoms with Gasteiger partial charge in [-0.2, -0.15) is 0 Å². The molecule has 0 rings (SSSR count). The van der Waals surface area contributed by atoms with Gasteiger partial charge in [-0.15, -0.1) is 0 Å². The molecule has 1 amide bonds. The fourth-order valence-corrected chi connectivity index (χ4v) is 11.5. The van der Waals surface area contributed by atoms with Crippen LogP contribution in [0.5, 0.6) is 0 Å². The third-order valence-electron chi connectivity index (χ3n) is 17.3. The van der Waals surface area contributed by atoms with Crippen LogP contribution in [0.4, 0.5) is 0 Å². The van der Waals surface area contributed by atoms with Gasteiger partial charge in [0.2, 0.25) is 5.91 Å². The van der Waals surface area contributed by atoms with Gasteiger partial charge in [-0.3, -0.25) is 9.59 Å². The highest BCUT2D eigenvalue weighted by Crippen LogP contribution is 2.18. The predicted molar refractivity (Wildman–Crippen MR) is 370 cm³/mol. The van der Waals surface area contributed by atoms with E-state index in [2.05, 4.69) is 67.8 Å². The topological polar surface area (TPSA) is 95.9 Å². The summed E-state index contributed by atoms with van der Waals surface area (Å²) in [5.41, 5.74) is 0. The molecule has 0 saturated heterocycles. The summed E-state index contributed by atoms with van der Waals surface area (Å²) in [5, 5.41) is 23.3. The molecule has 0 fully saturated rings. The van der Waals surface area contributed by atoms with Crippen LogP contribution in [0.3, 0.4) is 0 Å². The Morgan fingerprint density at radius 1 is 0.333 bits per heavy atom. The van der Waals surface area contributed by atoms with Gasteiger partial charge in [-0.25, -0.2) is 0 Å². The van der Waals surface area contributed by atoms with Crippen LogP contribution in [0, 0.1) is 0 Å². The number of aliphatic hydroxyl groups is 2. The lowest BCUT2D eigenvalue weighted by atomic mass is 10.0. The average molecular weight is 1180 g/mol. The first-order valence-electron chi connectivity index (χ1n) is 37.6. The number of aliphatic hydroxyl groups excluding tert-OH is 2. The van der Waals surface area contributed by atoms with Crippen LogP contribution in [0.1, 0.15) is 399 Å². The van der Waals surface area contributed by atoms with Crippen molar-refractivity contribution in [3.8, 4) is 0 Å². The Morgan fingerprint density at radius 3 is 0.917 bits per heavy atom. The highest BCUT2D eigenvalue weighted by atomic mass is 16.5. The first-order valence-corrected chi connectivity index (χ1v) is 37.6. The zero-order chi connectivity index (χ0) is 60.6. The summed E-state index contributed by atoms with van der Waals surface area (Å²) in [6.07, 6.45) is 97.4. The minimum Gasteiger partial charge on any atom is -0.466 e. The Bertz CT molecular complexity index is 1450. The number of amides is 1. The van der Waals surface area contributed by atoms with E-state index in [4.69, 9.17) is 4.74 Å². The molecule has 2 unspecified atom stereocenters. The molecule has 2 atom stereocenters. The van der Waals surface area contributed by atoms with Crippen LogP contribution in [0.15, 0.2) is 60.8 Å². The average Bonchev–Trinajstić information content (AvgIpc) is 3.53. The van der Waals surface area contributed by atoms with Gasteiger partial charge in [0, 0.05) is 12.8 Å². The SMILES string of the molecule is CCCCCC/C=C\C/C=C\CCCCCCCCCC(=O)OCCCCCCCCCCC/C=C\C/C=C\CCCCCCCCCCCC(=O)NC(CO)C(O)/C=C/CCCCCCCCCCCCCCCCCCCCCCCC. The zero-order valence-electron chi connectivity index (χ0n) is 56.4. The smallest absolute Gasteiger partial charge is 0.305 e. The van der Waals surface area contributed by atoms with Crippen molar-refractivity contribution in [3.63, 3.8) is 0 Å². The van der Waals surface area contributed by atoms with Gasteiger partial charge in [-0.05, 0) is 96.3 Å². The molecule has 0 aromatic rings. The van der Waals surface area contributed by atoms with Crippen molar-refractivity contribution in [1.29, 1.82) is 0 Å². The van der Waals surface area contributed by atoms with Crippen molar-refractivity contribution in [1.82, 2.24) is 5.32 Å². The quantitative estimate of drug-likeness (QED) is 0.0320. The molecule has 0 aliphatic carbocycles. The normalized spacial score (nSPS) is 12.9. The Labute approximate surface area is 524 Å². The molecule has 0 aliphatic heterocycles. The lowest BCUT2D eigenvalue weighted by molar-refractivity contribution is -0.143. The van der Waals surface area contributed by atoms with Crippen LogP contribution in [-0.2, 0) is 14.3 Å². The summed E-state index contributed by atoms with van der Waals surface area (Å²) in [7, 11) is 0. The van der Waals surface area contributed by atoms with Crippen LogP contribution >= 0.6 is 0 Å². The van der Waals surface area contributed by atoms with Crippen molar-refractivity contribution in [2.45, 2.75) is 411 Å². The van der Waals surface area contributed by atoms with Crippen molar-refractivity contribution in [2.24, 2.45) is 0 Å². The number of allylic oxidation sites excluding steroid dienone is 9. The number of unbranched alkanes of at least 4 members (excludes halogenated alkanes) is 51. The molecule has 84 heavy (non-hydrogen) atoms. The van der Waals surface area contributed by atoms with Crippen molar-refractivity contribution in [2.75, 3.05) is 13.2 Å². The van der Waals surface area contributed by atoms with Crippen LogP contribution in [0.25, 0.3) is 0 Å². The van der Waals surface area contributed by atoms with Gasteiger partial charge in [0.15, 0.2) is 0 Å². The number of hydrogen-bond donors (Lipinski definition) is 3. The van der Waals surface area contributed by atoms with Gasteiger partial charge in [-0.1, -0.05) is 351 Å². The van der Waals surface area contributed by atoms with Crippen molar-refractivity contribution >= 4 is 11.9 Å². The maximum Gasteiger partial charge on any atom is 0.305 e. The van der Waals surface area contributed by atoms with E-state index in [0.717, 1.165) is 57.8 Å². The van der Waals surface area contributed by atoms with E-state index in [1.165, 1.54) is 315 Å². The van der Waals surface area contributed by atoms with E-state index in [9.17, 15) is 19.8 Å². The summed E-state index contributed by atoms with van der Waals surface area (Å²) in [6.45, 7) is 4.91. The molecule has 492 valence electrons. The molecule has 0 aromatic heterocycles. The van der Waals surface area contributed by atoms with Gasteiger partial charge in [0.25, 0.3) is 0 Å². The minimum atomic E-state index is -0.852. The van der Waals surface area contributed by atoms with Gasteiger partial charge in [0.05, 0.1) is 25.4 Å². The van der Waals surface area contributed by atoms with Gasteiger partial charge >= 0.3 is 5.97 Å². The Morgan fingerprint density at radius 2 is 0.595 bits per heavy atom.